The van der Waals surface area contributed by atoms with Crippen molar-refractivity contribution in [2.45, 2.75) is 33.9 Å². The number of fused-ring (bicyclic) bond motifs is 1. The molecule has 0 atom stereocenters. The van der Waals surface area contributed by atoms with Crippen molar-refractivity contribution < 1.29 is 5.11 Å². The van der Waals surface area contributed by atoms with E-state index in [1.165, 1.54) is 5.56 Å². The first-order chi connectivity index (χ1) is 13.5. The van der Waals surface area contributed by atoms with E-state index in [2.05, 4.69) is 45.8 Å². The zero-order valence-electron chi connectivity index (χ0n) is 16.3. The van der Waals surface area contributed by atoms with Crippen LogP contribution in [0.2, 0.25) is 0 Å². The molecule has 4 rings (SSSR count). The fourth-order valence-corrected chi connectivity index (χ4v) is 3.41. The fraction of sp³-hybridized carbons (Fsp3) is 0.227. The molecular weight excluding hydrogens is 350 g/mol. The molecule has 0 aliphatic rings. The first kappa shape index (κ1) is 18.0. The molecule has 0 amide bonds. The standard InChI is InChI=1S/C22H23N5O/c1-14-10-15(2)21-19(11-14)27(13-18-20(28)8-7-16(3)25-18)22(26-21)24-12-17-6-4-5-9-23-17/h4-11,28H,12-13H2,1-3H3,(H,24,26). The predicted octanol–water partition coefficient (Wildman–Crippen LogP) is 4.12. The lowest BCUT2D eigenvalue weighted by atomic mass is 10.1. The summed E-state index contributed by atoms with van der Waals surface area (Å²) in [6.45, 7) is 7.06. The number of nitrogens with one attached hydrogen (secondary N) is 1. The molecule has 3 heterocycles. The van der Waals surface area contributed by atoms with Crippen LogP contribution in [-0.4, -0.2) is 24.6 Å². The predicted molar refractivity (Wildman–Crippen MR) is 111 cm³/mol. The molecule has 0 spiro atoms. The average molecular weight is 373 g/mol. The maximum Gasteiger partial charge on any atom is 0.204 e. The van der Waals surface area contributed by atoms with Gasteiger partial charge in [0.1, 0.15) is 11.4 Å². The Hall–Kier alpha value is -3.41. The number of nitrogens with zero attached hydrogens (tertiary/aromatic N) is 4. The smallest absolute Gasteiger partial charge is 0.204 e. The Balaban J connectivity index is 1.78. The van der Waals surface area contributed by atoms with Gasteiger partial charge in [0.25, 0.3) is 0 Å². The molecule has 142 valence electrons. The topological polar surface area (TPSA) is 75.9 Å². The summed E-state index contributed by atoms with van der Waals surface area (Å²) in [5, 5.41) is 13.7. The molecule has 6 nitrogen and oxygen atoms in total. The van der Waals surface area contributed by atoms with Crippen LogP contribution in [0.25, 0.3) is 11.0 Å². The Labute approximate surface area is 163 Å². The molecule has 0 fully saturated rings. The highest BCUT2D eigenvalue weighted by atomic mass is 16.3. The number of hydrogen-bond acceptors (Lipinski definition) is 5. The lowest BCUT2D eigenvalue weighted by Crippen LogP contribution is -2.10. The van der Waals surface area contributed by atoms with Crippen LogP contribution in [0.15, 0.2) is 48.7 Å². The zero-order valence-corrected chi connectivity index (χ0v) is 16.3. The minimum absolute atomic E-state index is 0.188. The van der Waals surface area contributed by atoms with Crippen LogP contribution < -0.4 is 5.32 Å². The SMILES string of the molecule is Cc1cc(C)c2nc(NCc3ccccn3)n(Cc3nc(C)ccc3O)c2c1. The van der Waals surface area contributed by atoms with Crippen molar-refractivity contribution in [2.24, 2.45) is 0 Å². The quantitative estimate of drug-likeness (QED) is 0.550. The lowest BCUT2D eigenvalue weighted by molar-refractivity contribution is 0.461. The Morgan fingerprint density at radius 3 is 2.68 bits per heavy atom. The molecule has 0 aliphatic heterocycles. The lowest BCUT2D eigenvalue weighted by Gasteiger charge is -2.12. The number of benzene rings is 1. The van der Waals surface area contributed by atoms with Crippen molar-refractivity contribution in [2.75, 3.05) is 5.32 Å². The van der Waals surface area contributed by atoms with Crippen LogP contribution in [0, 0.1) is 20.8 Å². The first-order valence-electron chi connectivity index (χ1n) is 9.28. The molecule has 1 aromatic carbocycles. The molecule has 28 heavy (non-hydrogen) atoms. The number of aryl methyl sites for hydroxylation is 3. The van der Waals surface area contributed by atoms with Crippen LogP contribution in [0.4, 0.5) is 5.95 Å². The maximum absolute atomic E-state index is 10.3. The maximum atomic E-state index is 10.3. The normalized spacial score (nSPS) is 11.1. The monoisotopic (exact) mass is 373 g/mol. The molecule has 3 aromatic heterocycles. The Morgan fingerprint density at radius 2 is 1.89 bits per heavy atom. The Bertz CT molecular complexity index is 1130. The zero-order chi connectivity index (χ0) is 19.7. The molecule has 0 bridgehead atoms. The van der Waals surface area contributed by atoms with E-state index in [0.29, 0.717) is 18.8 Å². The third-order valence-corrected chi connectivity index (χ3v) is 4.74. The van der Waals surface area contributed by atoms with Gasteiger partial charge in [0.05, 0.1) is 29.8 Å². The molecular formula is C22H23N5O. The van der Waals surface area contributed by atoms with Gasteiger partial charge >= 0.3 is 0 Å². The highest BCUT2D eigenvalue weighted by Gasteiger charge is 2.16. The van der Waals surface area contributed by atoms with Crippen molar-refractivity contribution in [3.05, 3.63) is 76.9 Å². The Morgan fingerprint density at radius 1 is 1.04 bits per heavy atom. The van der Waals surface area contributed by atoms with Gasteiger partial charge in [-0.15, -0.1) is 0 Å². The number of anilines is 1. The largest absolute Gasteiger partial charge is 0.506 e. The molecule has 0 saturated heterocycles. The molecule has 4 aromatic rings. The van der Waals surface area contributed by atoms with E-state index in [-0.39, 0.29) is 5.75 Å². The summed E-state index contributed by atoms with van der Waals surface area (Å²) in [5.74, 6) is 0.921. The van der Waals surface area contributed by atoms with Crippen molar-refractivity contribution >= 4 is 17.0 Å². The van der Waals surface area contributed by atoms with Gasteiger partial charge in [0, 0.05) is 11.9 Å². The van der Waals surface area contributed by atoms with Gasteiger partial charge in [-0.3, -0.25) is 9.97 Å². The van der Waals surface area contributed by atoms with E-state index in [0.717, 1.165) is 33.9 Å². The van der Waals surface area contributed by atoms with E-state index in [4.69, 9.17) is 4.98 Å². The second kappa shape index (κ2) is 7.31. The van der Waals surface area contributed by atoms with Gasteiger partial charge in [-0.2, -0.15) is 0 Å². The summed E-state index contributed by atoms with van der Waals surface area (Å²) in [7, 11) is 0. The molecule has 2 N–H and O–H groups in total. The summed E-state index contributed by atoms with van der Waals surface area (Å²) >= 11 is 0. The van der Waals surface area contributed by atoms with Gasteiger partial charge < -0.3 is 15.0 Å². The van der Waals surface area contributed by atoms with E-state index < -0.39 is 0 Å². The van der Waals surface area contributed by atoms with Gasteiger partial charge in [0.15, 0.2) is 0 Å². The van der Waals surface area contributed by atoms with E-state index >= 15 is 0 Å². The van der Waals surface area contributed by atoms with Gasteiger partial charge in [-0.05, 0) is 62.2 Å². The summed E-state index contributed by atoms with van der Waals surface area (Å²) in [5.41, 5.74) is 6.68. The summed E-state index contributed by atoms with van der Waals surface area (Å²) in [4.78, 5) is 13.7. The first-order valence-corrected chi connectivity index (χ1v) is 9.28. The number of imidazole rings is 1. The van der Waals surface area contributed by atoms with Crippen molar-refractivity contribution in [1.82, 2.24) is 19.5 Å². The molecule has 6 heteroatoms. The highest BCUT2D eigenvalue weighted by Crippen LogP contribution is 2.27. The number of rotatable bonds is 5. The van der Waals surface area contributed by atoms with Gasteiger partial charge in [-0.25, -0.2) is 4.98 Å². The summed E-state index contributed by atoms with van der Waals surface area (Å²) < 4.78 is 2.07. The third kappa shape index (κ3) is 3.53. The minimum Gasteiger partial charge on any atom is -0.506 e. The van der Waals surface area contributed by atoms with Gasteiger partial charge in [-0.1, -0.05) is 12.1 Å². The van der Waals surface area contributed by atoms with Crippen LogP contribution >= 0.6 is 0 Å². The average Bonchev–Trinajstić information content (AvgIpc) is 3.02. The van der Waals surface area contributed by atoms with Crippen LogP contribution in [-0.2, 0) is 13.1 Å². The summed E-state index contributed by atoms with van der Waals surface area (Å²) in [6, 6.07) is 13.6. The van der Waals surface area contributed by atoms with E-state index in [1.54, 1.807) is 18.3 Å². The third-order valence-electron chi connectivity index (χ3n) is 4.74. The minimum atomic E-state index is 0.188. The molecule has 0 unspecified atom stereocenters. The van der Waals surface area contributed by atoms with Crippen molar-refractivity contribution in [3.8, 4) is 5.75 Å². The van der Waals surface area contributed by atoms with Crippen molar-refractivity contribution in [3.63, 3.8) is 0 Å². The second-order valence-corrected chi connectivity index (χ2v) is 7.06. The van der Waals surface area contributed by atoms with E-state index in [1.807, 2.05) is 25.1 Å². The molecule has 0 aliphatic carbocycles. The van der Waals surface area contributed by atoms with Crippen LogP contribution in [0.3, 0.4) is 0 Å². The molecule has 0 radical (unpaired) electrons. The highest BCUT2D eigenvalue weighted by molar-refractivity contribution is 5.83. The number of hydrogen-bond donors (Lipinski definition) is 2. The fourth-order valence-electron chi connectivity index (χ4n) is 3.41. The Kier molecular flexibility index (Phi) is 4.69. The number of pyridine rings is 2. The van der Waals surface area contributed by atoms with E-state index in [9.17, 15) is 5.11 Å². The molecule has 0 saturated carbocycles. The van der Waals surface area contributed by atoms with Crippen LogP contribution in [0.1, 0.15) is 28.2 Å². The van der Waals surface area contributed by atoms with Gasteiger partial charge in [0.2, 0.25) is 5.95 Å². The van der Waals surface area contributed by atoms with Crippen LogP contribution in [0.5, 0.6) is 5.75 Å². The summed E-state index contributed by atoms with van der Waals surface area (Å²) in [6.07, 6.45) is 1.78. The van der Waals surface area contributed by atoms with Crippen molar-refractivity contribution in [1.29, 1.82) is 0 Å². The number of aromatic hydroxyl groups is 1. The number of aromatic nitrogens is 4. The second-order valence-electron chi connectivity index (χ2n) is 7.06.